The number of aliphatic carboxylic acids is 1. The van der Waals surface area contributed by atoms with Crippen molar-refractivity contribution >= 4 is 36.4 Å². The summed E-state index contributed by atoms with van der Waals surface area (Å²) in [6.07, 6.45) is -16.4. The van der Waals surface area contributed by atoms with Gasteiger partial charge in [-0.15, -0.1) is 0 Å². The van der Waals surface area contributed by atoms with E-state index in [1.165, 1.54) is 31.4 Å². The highest BCUT2D eigenvalue weighted by molar-refractivity contribution is 5.96. The molecule has 0 saturated heterocycles. The summed E-state index contributed by atoms with van der Waals surface area (Å²) < 4.78 is 189. The summed E-state index contributed by atoms with van der Waals surface area (Å²) in [6.45, 7) is 4.95. The van der Waals surface area contributed by atoms with E-state index in [1.54, 1.807) is 30.0 Å². The number of carbonyl (C=O) groups is 4. The predicted molar refractivity (Wildman–Crippen MR) is 283 cm³/mol. The van der Waals surface area contributed by atoms with E-state index in [0.717, 1.165) is 11.1 Å². The van der Waals surface area contributed by atoms with E-state index in [9.17, 15) is 81.4 Å². The topological polar surface area (TPSA) is 150 Å². The fourth-order valence-electron chi connectivity index (χ4n) is 11.5. The van der Waals surface area contributed by atoms with Crippen molar-refractivity contribution in [1.29, 1.82) is 0 Å². The third-order valence-corrected chi connectivity index (χ3v) is 16.2. The number of benzene rings is 4. The number of carboxylic acid groups (broad SMARTS) is 1. The smallest absolute Gasteiger partial charge is 0.416 e. The first-order valence-corrected chi connectivity index (χ1v) is 26.7. The van der Waals surface area contributed by atoms with Gasteiger partial charge in [-0.05, 0) is 131 Å². The standard InChI is InChI=1S/C30H33F6N3O3.C28H28F6N2O4.CH3F/c1-3-38-25(40)16-28(39-19-37-17-26(39)41)11-9-27(10-12-28,22-7-5-4-6-8-22)18-42-20(2)21-13-23(29(31,32)33)15-24(14-21)30(34,35)36;1-18(19-11-21(27(29,30)31)13-22(12-19)28(32,33)34)40-16-25(20-5-3-2-4-6-20)7-9-26(10-8-25,14-24(38)39)36-17-35-15-23(36)37;1-2/h4-8,13-15,19-20H,3,9-12,16-18H2,1-2H3,(H,38,40);2-6,11-13,17-18H,7-10,14-16H2,1H3,(H,38,39);1H3/t20-,27?,28?;18-,25?,26?;/m11./s1/i;;1D. The first kappa shape index (κ1) is 64.7. The second-order valence-electron chi connectivity index (χ2n) is 21.5. The van der Waals surface area contributed by atoms with Crippen molar-refractivity contribution in [1.82, 2.24) is 15.1 Å². The van der Waals surface area contributed by atoms with Crippen LogP contribution in [0.5, 0.6) is 0 Å². The highest BCUT2D eigenvalue weighted by atomic mass is 19.4. The van der Waals surface area contributed by atoms with Gasteiger partial charge in [-0.1, -0.05) is 60.7 Å². The molecule has 2 saturated carbocycles. The van der Waals surface area contributed by atoms with Crippen molar-refractivity contribution in [2.24, 2.45) is 9.98 Å². The Morgan fingerprint density at radius 2 is 0.905 bits per heavy atom. The Kier molecular flexibility index (Phi) is 20.5. The second kappa shape index (κ2) is 26.6. The lowest BCUT2D eigenvalue weighted by Gasteiger charge is -2.49. The van der Waals surface area contributed by atoms with Crippen molar-refractivity contribution in [3.8, 4) is 0 Å². The van der Waals surface area contributed by atoms with E-state index < -0.39 is 94.2 Å². The summed E-state index contributed by atoms with van der Waals surface area (Å²) in [7, 11) is -1.00. The molecule has 4 aliphatic rings. The zero-order chi connectivity index (χ0) is 62.8. The molecule has 84 heavy (non-hydrogen) atoms. The minimum absolute atomic E-state index is 0.00148. The highest BCUT2D eigenvalue weighted by Crippen LogP contribution is 2.50. The highest BCUT2D eigenvalue weighted by Gasteiger charge is 2.52. The van der Waals surface area contributed by atoms with Gasteiger partial charge < -0.3 is 19.9 Å². The van der Waals surface area contributed by atoms with Crippen molar-refractivity contribution in [2.45, 2.75) is 144 Å². The zero-order valence-corrected chi connectivity index (χ0v) is 46.0. The molecule has 3 amide bonds. The zero-order valence-electron chi connectivity index (χ0n) is 47.0. The van der Waals surface area contributed by atoms with Crippen molar-refractivity contribution in [2.75, 3.05) is 40.0 Å². The molecular weight excluding hydrogens is 1140 g/mol. The molecule has 2 N–H and O–H groups in total. The van der Waals surface area contributed by atoms with Crippen LogP contribution in [-0.4, -0.2) is 102 Å². The Hall–Kier alpha value is -6.89. The van der Waals surface area contributed by atoms with Gasteiger partial charge >= 0.3 is 30.7 Å². The number of rotatable bonds is 17. The van der Waals surface area contributed by atoms with E-state index in [-0.39, 0.29) is 93.0 Å². The van der Waals surface area contributed by atoms with Gasteiger partial charge in [-0.2, -0.15) is 52.7 Å². The fourth-order valence-corrected chi connectivity index (χ4v) is 11.5. The maximum Gasteiger partial charge on any atom is 0.416 e. The van der Waals surface area contributed by atoms with Crippen molar-refractivity contribution in [3.05, 3.63) is 142 Å². The maximum absolute atomic E-state index is 13.5. The number of carbonyl (C=O) groups excluding carboxylic acids is 3. The summed E-state index contributed by atoms with van der Waals surface area (Å²) in [6, 6.07) is 21.3. The number of hydrogen-bond donors (Lipinski definition) is 2. The van der Waals surface area contributed by atoms with Crippen LogP contribution in [0.15, 0.2) is 107 Å². The van der Waals surface area contributed by atoms with Crippen LogP contribution in [0.2, 0.25) is 0 Å². The number of amides is 3. The van der Waals surface area contributed by atoms with Gasteiger partial charge in [0.1, 0.15) is 13.1 Å². The van der Waals surface area contributed by atoms with Crippen molar-refractivity contribution < 1.29 is 92.2 Å². The van der Waals surface area contributed by atoms with Crippen LogP contribution in [0.25, 0.3) is 0 Å². The van der Waals surface area contributed by atoms with Crippen molar-refractivity contribution in [3.63, 3.8) is 0 Å². The lowest BCUT2D eigenvalue weighted by Crippen LogP contribution is -2.56. The van der Waals surface area contributed by atoms with Crippen LogP contribution < -0.4 is 5.32 Å². The van der Waals surface area contributed by atoms with Gasteiger partial charge in [0.2, 0.25) is 17.7 Å². The Morgan fingerprint density at radius 3 is 1.18 bits per heavy atom. The molecule has 0 bridgehead atoms. The number of nitrogens with one attached hydrogen (secondary N) is 1. The Morgan fingerprint density at radius 1 is 0.583 bits per heavy atom. The first-order valence-electron chi connectivity index (χ1n) is 27.4. The molecule has 2 atom stereocenters. The number of aliphatic imine (C=N–C) groups is 2. The van der Waals surface area contributed by atoms with E-state index >= 15 is 0 Å². The number of ether oxygens (including phenoxy) is 2. The third kappa shape index (κ3) is 15.7. The normalized spacial score (nSPS) is 23.7. The fraction of sp³-hybridized carbons (Fsp3) is 0.492. The van der Waals surface area contributed by atoms with Gasteiger partial charge in [0, 0.05) is 17.4 Å². The number of alkyl halides is 13. The third-order valence-electron chi connectivity index (χ3n) is 16.2. The van der Waals surface area contributed by atoms with E-state index in [1.807, 2.05) is 42.5 Å². The van der Waals surface area contributed by atoms with E-state index in [2.05, 4.69) is 15.3 Å². The van der Waals surface area contributed by atoms with Gasteiger partial charge in [-0.25, -0.2) is 0 Å². The van der Waals surface area contributed by atoms with Crippen LogP contribution >= 0.6 is 0 Å². The maximum atomic E-state index is 13.5. The quantitative estimate of drug-likeness (QED) is 0.0999. The summed E-state index contributed by atoms with van der Waals surface area (Å²) in [5, 5.41) is 12.4. The monoisotopic (exact) mass is 1200 g/mol. The van der Waals surface area contributed by atoms with Gasteiger partial charge in [0.05, 0.1) is 92.8 Å². The molecule has 8 rings (SSSR count). The molecule has 4 aromatic carbocycles. The lowest BCUT2D eigenvalue weighted by molar-refractivity contribution is -0.145. The molecule has 0 spiro atoms. The molecule has 4 aromatic rings. The molecule has 0 radical (unpaired) electrons. The molecule has 2 aliphatic heterocycles. The van der Waals surface area contributed by atoms with Crippen LogP contribution in [0.3, 0.4) is 0 Å². The number of hydrogen-bond acceptors (Lipinski definition) is 8. The van der Waals surface area contributed by atoms with Gasteiger partial charge in [-0.3, -0.25) is 43.4 Å². The lowest BCUT2D eigenvalue weighted by atomic mass is 9.63. The Labute approximate surface area is 477 Å². The van der Waals surface area contributed by atoms with Gasteiger partial charge in [0.15, 0.2) is 0 Å². The molecular formula is C59H64F13N5O7. The number of nitrogens with zero attached hydrogens (tertiary/aromatic N) is 4. The molecule has 458 valence electrons. The molecule has 0 unspecified atom stereocenters. The molecule has 0 aromatic heterocycles. The predicted octanol–water partition coefficient (Wildman–Crippen LogP) is 13.4. The Bertz CT molecular complexity index is 2930. The van der Waals surface area contributed by atoms with Crippen LogP contribution in [0.1, 0.15) is 143 Å². The molecule has 25 heteroatoms. The average Bonchev–Trinajstić information content (AvgIpc) is 1.99. The minimum atomic E-state index is -4.98. The van der Waals surface area contributed by atoms with Crippen LogP contribution in [-0.2, 0) is 64.2 Å². The van der Waals surface area contributed by atoms with Crippen LogP contribution in [0.4, 0.5) is 57.1 Å². The molecule has 12 nitrogen and oxygen atoms in total. The summed E-state index contributed by atoms with van der Waals surface area (Å²) in [4.78, 5) is 60.7. The number of halogens is 13. The SMILES string of the molecule is CCNC(=O)CC1(N2C=NCC2=O)CCC(CO[C@H](C)c2cc(C(F)(F)F)cc(C(F)(F)F)c2)(c2ccccc2)CC1.C[C@@H](OCC1(c2ccccc2)CCC(CC(=O)O)(N2C=NCC2=O)CC1)c1cc(C(F)(F)F)cc(C(F)(F)F)c1.[2H]CF. The second-order valence-corrected chi connectivity index (χ2v) is 21.5. The minimum Gasteiger partial charge on any atom is -0.481 e. The summed E-state index contributed by atoms with van der Waals surface area (Å²) in [5.41, 5.74) is -7.59. The largest absolute Gasteiger partial charge is 0.481 e. The summed E-state index contributed by atoms with van der Waals surface area (Å²) in [5.74, 6) is -1.78. The molecule has 2 aliphatic carbocycles. The Balaban J connectivity index is 0.000000261. The van der Waals surface area contributed by atoms with E-state index in [0.29, 0.717) is 69.3 Å². The van der Waals surface area contributed by atoms with Crippen LogP contribution in [0, 0.1) is 0 Å². The first-order chi connectivity index (χ1) is 39.8. The molecule has 2 fully saturated rings. The number of carboxylic acids is 1. The molecule has 2 heterocycles. The average molecular weight is 1200 g/mol. The van der Waals surface area contributed by atoms with E-state index in [4.69, 9.17) is 10.8 Å². The van der Waals surface area contributed by atoms with Gasteiger partial charge in [0.25, 0.3) is 0 Å². The summed E-state index contributed by atoms with van der Waals surface area (Å²) >= 11 is 0.